The molecule has 0 spiro atoms. The van der Waals surface area contributed by atoms with Crippen LogP contribution in [0.5, 0.6) is 5.75 Å². The molecule has 3 aromatic carbocycles. The Kier molecular flexibility index (Phi) is 6.81. The summed E-state index contributed by atoms with van der Waals surface area (Å²) in [6.45, 7) is 1.09. The highest BCUT2D eigenvalue weighted by Gasteiger charge is 2.13. The molecule has 0 aliphatic rings. The predicted octanol–water partition coefficient (Wildman–Crippen LogP) is 5.08. The normalized spacial score (nSPS) is 11.2. The van der Waals surface area contributed by atoms with E-state index in [9.17, 15) is 14.4 Å². The van der Waals surface area contributed by atoms with Crippen LogP contribution >= 0.6 is 0 Å². The number of benzene rings is 3. The Morgan fingerprint density at radius 3 is 2.55 bits per heavy atom. The fourth-order valence-electron chi connectivity index (χ4n) is 3.57. The van der Waals surface area contributed by atoms with Gasteiger partial charge in [0.25, 0.3) is 5.91 Å². The minimum Gasteiger partial charge on any atom is -0.489 e. The average molecular weight is 439 g/mol. The van der Waals surface area contributed by atoms with Crippen molar-refractivity contribution in [3.8, 4) is 11.8 Å². The van der Waals surface area contributed by atoms with E-state index in [1.165, 1.54) is 6.07 Å². The molecule has 0 atom stereocenters. The second kappa shape index (κ2) is 10.3. The van der Waals surface area contributed by atoms with Crippen molar-refractivity contribution in [2.75, 3.05) is 6.61 Å². The zero-order valence-electron chi connectivity index (χ0n) is 17.9. The number of carbonyl (C=O) groups excluding carboxylic acids is 1. The molecule has 1 heterocycles. The number of carbonyl (C=O) groups is 1. The van der Waals surface area contributed by atoms with Crippen LogP contribution in [0.3, 0.4) is 0 Å². The van der Waals surface area contributed by atoms with Crippen LogP contribution in [0.15, 0.2) is 90.6 Å². The molecular weight excluding hydrogens is 417 g/mol. The van der Waals surface area contributed by atoms with E-state index in [0.717, 1.165) is 22.0 Å². The first-order valence-electron chi connectivity index (χ1n) is 10.5. The van der Waals surface area contributed by atoms with E-state index in [1.54, 1.807) is 24.3 Å². The van der Waals surface area contributed by atoms with Gasteiger partial charge in [-0.3, -0.25) is 4.79 Å². The lowest BCUT2D eigenvalue weighted by molar-refractivity contribution is -0.117. The summed E-state index contributed by atoms with van der Waals surface area (Å²) in [7, 11) is 0. The van der Waals surface area contributed by atoms with E-state index in [1.807, 2.05) is 71.4 Å². The van der Waals surface area contributed by atoms with Crippen molar-refractivity contribution in [1.82, 2.24) is 9.88 Å². The van der Waals surface area contributed by atoms with E-state index in [0.29, 0.717) is 13.1 Å². The average Bonchev–Trinajstić information content (AvgIpc) is 3.20. The third-order valence-corrected chi connectivity index (χ3v) is 5.21. The minimum absolute atomic E-state index is 0.0245. The van der Waals surface area contributed by atoms with Gasteiger partial charge in [-0.05, 0) is 29.8 Å². The van der Waals surface area contributed by atoms with Gasteiger partial charge in [0.05, 0.1) is 6.54 Å². The van der Waals surface area contributed by atoms with E-state index in [2.05, 4.69) is 5.32 Å². The second-order valence-corrected chi connectivity index (χ2v) is 7.41. The molecule has 0 bridgehead atoms. The monoisotopic (exact) mass is 439 g/mol. The Bertz CT molecular complexity index is 1340. The smallest absolute Gasteiger partial charge is 0.262 e. The lowest BCUT2D eigenvalue weighted by Gasteiger charge is -2.08. The van der Waals surface area contributed by atoms with Crippen LogP contribution in [-0.2, 0) is 17.9 Å². The van der Waals surface area contributed by atoms with Crippen LogP contribution in [0.2, 0.25) is 0 Å². The van der Waals surface area contributed by atoms with Crippen molar-refractivity contribution in [2.24, 2.45) is 0 Å². The Balaban J connectivity index is 1.52. The van der Waals surface area contributed by atoms with Crippen molar-refractivity contribution in [1.29, 1.82) is 5.26 Å². The lowest BCUT2D eigenvalue weighted by atomic mass is 10.1. The molecule has 0 aliphatic carbocycles. The van der Waals surface area contributed by atoms with Gasteiger partial charge in [0, 0.05) is 29.2 Å². The number of ether oxygens (including phenoxy) is 1. The summed E-state index contributed by atoms with van der Waals surface area (Å²) >= 11 is 0. The molecular formula is C27H22FN3O2. The van der Waals surface area contributed by atoms with Crippen molar-refractivity contribution in [2.45, 2.75) is 13.1 Å². The molecule has 0 saturated carbocycles. The molecule has 4 rings (SSSR count). The summed E-state index contributed by atoms with van der Waals surface area (Å²) in [5.41, 5.74) is 2.66. The summed E-state index contributed by atoms with van der Waals surface area (Å²) < 4.78 is 21.4. The number of nitrogens with one attached hydrogen (secondary N) is 1. The van der Waals surface area contributed by atoms with Gasteiger partial charge in [0.2, 0.25) is 0 Å². The number of para-hydroxylation sites is 2. The van der Waals surface area contributed by atoms with Crippen molar-refractivity contribution in [3.05, 3.63) is 108 Å². The summed E-state index contributed by atoms with van der Waals surface area (Å²) in [5.74, 6) is -0.629. The van der Waals surface area contributed by atoms with Crippen LogP contribution in [0, 0.1) is 17.1 Å². The second-order valence-electron chi connectivity index (χ2n) is 7.41. The zero-order valence-corrected chi connectivity index (χ0v) is 17.9. The number of fused-ring (bicyclic) bond motifs is 1. The Morgan fingerprint density at radius 1 is 1.03 bits per heavy atom. The molecule has 0 radical (unpaired) electrons. The molecule has 1 N–H and O–H groups in total. The maximum absolute atomic E-state index is 13.8. The van der Waals surface area contributed by atoms with Crippen LogP contribution in [0.25, 0.3) is 17.0 Å². The van der Waals surface area contributed by atoms with Gasteiger partial charge in [0.1, 0.15) is 18.2 Å². The quantitative estimate of drug-likeness (QED) is 0.307. The maximum atomic E-state index is 13.8. The molecule has 1 aromatic heterocycles. The van der Waals surface area contributed by atoms with E-state index in [4.69, 9.17) is 4.74 Å². The highest BCUT2D eigenvalue weighted by Crippen LogP contribution is 2.24. The standard InChI is InChI=1S/C27H22FN3O2/c28-24-11-5-7-13-26(24)33-15-14-31-19-22(23-10-4-6-12-25(23)31)16-21(17-29)27(32)30-18-20-8-2-1-3-9-20/h1-13,16,19H,14-15,18H2,(H,30,32)/b21-16+. The first-order chi connectivity index (χ1) is 16.2. The van der Waals surface area contributed by atoms with Crippen LogP contribution in [0.1, 0.15) is 11.1 Å². The van der Waals surface area contributed by atoms with Gasteiger partial charge in [-0.1, -0.05) is 60.7 Å². The van der Waals surface area contributed by atoms with Gasteiger partial charge in [-0.25, -0.2) is 4.39 Å². The van der Waals surface area contributed by atoms with Crippen molar-refractivity contribution in [3.63, 3.8) is 0 Å². The van der Waals surface area contributed by atoms with E-state index in [-0.39, 0.29) is 17.9 Å². The number of hydrogen-bond acceptors (Lipinski definition) is 3. The number of rotatable bonds is 8. The molecule has 5 nitrogen and oxygen atoms in total. The number of nitriles is 1. The highest BCUT2D eigenvalue weighted by atomic mass is 19.1. The largest absolute Gasteiger partial charge is 0.489 e. The van der Waals surface area contributed by atoms with Crippen LogP contribution < -0.4 is 10.1 Å². The first-order valence-corrected chi connectivity index (χ1v) is 10.5. The highest BCUT2D eigenvalue weighted by molar-refractivity contribution is 6.04. The summed E-state index contributed by atoms with van der Waals surface area (Å²) in [6, 6.07) is 25.5. The Hall–Kier alpha value is -4.37. The molecule has 33 heavy (non-hydrogen) atoms. The molecule has 1 amide bonds. The summed E-state index contributed by atoms with van der Waals surface area (Å²) in [4.78, 5) is 12.6. The molecule has 0 saturated heterocycles. The topological polar surface area (TPSA) is 67.0 Å². The number of amides is 1. The van der Waals surface area contributed by atoms with Gasteiger partial charge < -0.3 is 14.6 Å². The first kappa shape index (κ1) is 21.8. The number of hydrogen-bond donors (Lipinski definition) is 1. The van der Waals surface area contributed by atoms with Gasteiger partial charge in [-0.2, -0.15) is 5.26 Å². The lowest BCUT2D eigenvalue weighted by Crippen LogP contribution is -2.23. The molecule has 4 aromatic rings. The third-order valence-electron chi connectivity index (χ3n) is 5.21. The molecule has 164 valence electrons. The maximum Gasteiger partial charge on any atom is 0.262 e. The van der Waals surface area contributed by atoms with Gasteiger partial charge in [-0.15, -0.1) is 0 Å². The number of aromatic nitrogens is 1. The predicted molar refractivity (Wildman–Crippen MR) is 126 cm³/mol. The van der Waals surface area contributed by atoms with E-state index >= 15 is 0 Å². The van der Waals surface area contributed by atoms with Gasteiger partial charge in [0.15, 0.2) is 11.6 Å². The van der Waals surface area contributed by atoms with Gasteiger partial charge >= 0.3 is 0 Å². The zero-order chi connectivity index (χ0) is 23.0. The minimum atomic E-state index is -0.430. The molecule has 0 unspecified atom stereocenters. The van der Waals surface area contributed by atoms with Crippen molar-refractivity contribution >= 4 is 22.9 Å². The molecule has 6 heteroatoms. The third kappa shape index (κ3) is 5.28. The number of halogens is 1. The summed E-state index contributed by atoms with van der Waals surface area (Å²) in [6.07, 6.45) is 3.47. The SMILES string of the molecule is N#C/C(=C\c1cn(CCOc2ccccc2F)c2ccccc12)C(=O)NCc1ccccc1. The molecule has 0 fully saturated rings. The van der Waals surface area contributed by atoms with Crippen LogP contribution in [-0.4, -0.2) is 17.1 Å². The molecule has 0 aliphatic heterocycles. The Morgan fingerprint density at radius 2 is 1.76 bits per heavy atom. The number of nitrogens with zero attached hydrogens (tertiary/aromatic N) is 2. The van der Waals surface area contributed by atoms with E-state index < -0.39 is 11.7 Å². The Labute approximate surface area is 191 Å². The van der Waals surface area contributed by atoms with Crippen LogP contribution in [0.4, 0.5) is 4.39 Å². The fourth-order valence-corrected chi connectivity index (χ4v) is 3.57. The fraction of sp³-hybridized carbons (Fsp3) is 0.111. The van der Waals surface area contributed by atoms with Crippen molar-refractivity contribution < 1.29 is 13.9 Å². The summed E-state index contributed by atoms with van der Waals surface area (Å²) in [5, 5.41) is 13.3.